The van der Waals surface area contributed by atoms with Crippen molar-refractivity contribution in [3.8, 4) is 0 Å². The molecule has 0 rings (SSSR count). The lowest BCUT2D eigenvalue weighted by Crippen LogP contribution is -2.08. The molecule has 0 saturated heterocycles. The lowest BCUT2D eigenvalue weighted by atomic mass is 10.5. The first kappa shape index (κ1) is 12.6. The molecule has 0 aromatic rings. The Morgan fingerprint density at radius 3 is 2.54 bits per heavy atom. The summed E-state index contributed by atoms with van der Waals surface area (Å²) in [5.41, 5.74) is 0. The van der Waals surface area contributed by atoms with Gasteiger partial charge < -0.3 is 9.63 Å². The van der Waals surface area contributed by atoms with Crippen molar-refractivity contribution in [1.29, 1.82) is 0 Å². The molecule has 0 bridgehead atoms. The number of hydrogen-bond acceptors (Lipinski definition) is 5. The number of phosphoric ester groups is 1. The highest BCUT2D eigenvalue weighted by Gasteiger charge is 2.17. The van der Waals surface area contributed by atoms with Gasteiger partial charge in [0.15, 0.2) is 0 Å². The van der Waals surface area contributed by atoms with Crippen molar-refractivity contribution in [1.82, 2.24) is 0 Å². The van der Waals surface area contributed by atoms with E-state index >= 15 is 0 Å². The molecule has 13 heavy (non-hydrogen) atoms. The van der Waals surface area contributed by atoms with Crippen molar-refractivity contribution >= 4 is 13.8 Å². The van der Waals surface area contributed by atoms with Gasteiger partial charge in [-0.05, 0) is 0 Å². The summed E-state index contributed by atoms with van der Waals surface area (Å²) in [6.07, 6.45) is 0.265. The highest BCUT2D eigenvalue weighted by Crippen LogP contribution is 2.41. The van der Waals surface area contributed by atoms with Crippen molar-refractivity contribution in [3.63, 3.8) is 0 Å². The molecule has 0 radical (unpaired) electrons. The molecule has 0 aliphatic heterocycles. The van der Waals surface area contributed by atoms with Crippen LogP contribution in [0.5, 0.6) is 0 Å². The summed E-state index contributed by atoms with van der Waals surface area (Å²) in [5.74, 6) is -0.381. The third-order valence-electron chi connectivity index (χ3n) is 1.12. The van der Waals surface area contributed by atoms with Crippen molar-refractivity contribution in [2.75, 3.05) is 20.3 Å². The zero-order chi connectivity index (χ0) is 10.3. The third kappa shape index (κ3) is 6.72. The molecular formula is C6H13O6P. The third-order valence-corrected chi connectivity index (χ3v) is 2.09. The molecule has 1 atom stereocenters. The van der Waals surface area contributed by atoms with E-state index in [1.54, 1.807) is 6.92 Å². The number of esters is 1. The highest BCUT2D eigenvalue weighted by atomic mass is 31.2. The average molecular weight is 212 g/mol. The summed E-state index contributed by atoms with van der Waals surface area (Å²) in [4.78, 5) is 19.3. The van der Waals surface area contributed by atoms with E-state index in [0.717, 1.165) is 7.11 Å². The molecule has 0 aliphatic rings. The summed E-state index contributed by atoms with van der Waals surface area (Å²) in [6.45, 7) is 1.43. The predicted molar refractivity (Wildman–Crippen MR) is 44.0 cm³/mol. The van der Waals surface area contributed by atoms with E-state index in [0.29, 0.717) is 0 Å². The Labute approximate surface area is 76.4 Å². The summed E-state index contributed by atoms with van der Waals surface area (Å²) >= 11 is 0. The van der Waals surface area contributed by atoms with Crippen molar-refractivity contribution in [2.45, 2.75) is 13.3 Å². The Balaban J connectivity index is 3.46. The monoisotopic (exact) mass is 212 g/mol. The summed E-state index contributed by atoms with van der Waals surface area (Å²) in [7, 11) is -2.88. The Kier molecular flexibility index (Phi) is 5.90. The second-order valence-corrected chi connectivity index (χ2v) is 3.62. The van der Waals surface area contributed by atoms with Crippen LogP contribution in [0.4, 0.5) is 0 Å². The number of phosphoric acid groups is 1. The molecule has 78 valence electrons. The van der Waals surface area contributed by atoms with Crippen molar-refractivity contribution < 1.29 is 28.0 Å². The van der Waals surface area contributed by atoms with Gasteiger partial charge in [0, 0.05) is 13.5 Å². The maximum atomic E-state index is 10.7. The maximum absolute atomic E-state index is 10.7. The van der Waals surface area contributed by atoms with Crippen LogP contribution in [0.2, 0.25) is 0 Å². The van der Waals surface area contributed by atoms with Crippen LogP contribution in [0.15, 0.2) is 0 Å². The van der Waals surface area contributed by atoms with Crippen LogP contribution < -0.4 is 0 Å². The zero-order valence-electron chi connectivity index (χ0n) is 7.56. The Bertz CT molecular complexity index is 203. The van der Waals surface area contributed by atoms with Gasteiger partial charge in [-0.2, -0.15) is 0 Å². The van der Waals surface area contributed by atoms with E-state index in [9.17, 15) is 9.36 Å². The second kappa shape index (κ2) is 6.10. The quantitative estimate of drug-likeness (QED) is 0.396. The number of hydrogen-bond donors (Lipinski definition) is 1. The Hall–Kier alpha value is -0.420. The van der Waals surface area contributed by atoms with Crippen LogP contribution in [0.1, 0.15) is 13.3 Å². The van der Waals surface area contributed by atoms with Gasteiger partial charge in [-0.15, -0.1) is 0 Å². The van der Waals surface area contributed by atoms with Gasteiger partial charge in [-0.3, -0.25) is 13.8 Å². The molecule has 0 spiro atoms. The van der Waals surface area contributed by atoms with E-state index in [2.05, 4.69) is 13.8 Å². The fourth-order valence-electron chi connectivity index (χ4n) is 0.463. The number of ether oxygens (including phenoxy) is 1. The van der Waals surface area contributed by atoms with Gasteiger partial charge in [0.05, 0.1) is 6.61 Å². The molecule has 0 heterocycles. The molecule has 1 N–H and O–H groups in total. The molecule has 0 aromatic heterocycles. The molecule has 0 saturated carbocycles. The lowest BCUT2D eigenvalue weighted by Gasteiger charge is -2.08. The molecule has 0 amide bonds. The van der Waals surface area contributed by atoms with Crippen LogP contribution in [0.3, 0.4) is 0 Å². The number of rotatable bonds is 6. The minimum absolute atomic E-state index is 0.0550. The number of carbonyl (C=O) groups excluding carboxylic acids is 1. The van der Waals surface area contributed by atoms with Crippen LogP contribution in [-0.2, 0) is 23.1 Å². The van der Waals surface area contributed by atoms with E-state index < -0.39 is 7.82 Å². The summed E-state index contributed by atoms with van der Waals surface area (Å²) < 4.78 is 23.8. The molecule has 7 heteroatoms. The summed E-state index contributed by atoms with van der Waals surface area (Å²) in [5, 5.41) is 0. The van der Waals surface area contributed by atoms with Gasteiger partial charge in [-0.1, -0.05) is 6.92 Å². The molecule has 1 unspecified atom stereocenters. The minimum atomic E-state index is -3.93. The van der Waals surface area contributed by atoms with Crippen molar-refractivity contribution in [3.05, 3.63) is 0 Å². The smallest absolute Gasteiger partial charge is 0.463 e. The fraction of sp³-hybridized carbons (Fsp3) is 0.833. The minimum Gasteiger partial charge on any atom is -0.463 e. The largest absolute Gasteiger partial charge is 0.472 e. The molecule has 0 aliphatic carbocycles. The van der Waals surface area contributed by atoms with Gasteiger partial charge in [0.2, 0.25) is 0 Å². The van der Waals surface area contributed by atoms with E-state index in [-0.39, 0.29) is 25.6 Å². The molecular weight excluding hydrogens is 199 g/mol. The SMILES string of the molecule is CCC(=O)OCCOP(=O)(O)OC. The Morgan fingerprint density at radius 2 is 2.08 bits per heavy atom. The Morgan fingerprint density at radius 1 is 1.46 bits per heavy atom. The lowest BCUT2D eigenvalue weighted by molar-refractivity contribution is -0.144. The van der Waals surface area contributed by atoms with Crippen LogP contribution in [-0.4, -0.2) is 31.2 Å². The molecule has 0 fully saturated rings. The second-order valence-electron chi connectivity index (χ2n) is 2.06. The first-order chi connectivity index (χ1) is 6.02. The van der Waals surface area contributed by atoms with Gasteiger partial charge in [0.25, 0.3) is 0 Å². The topological polar surface area (TPSA) is 82.1 Å². The number of carbonyl (C=O) groups is 1. The van der Waals surface area contributed by atoms with E-state index in [1.807, 2.05) is 0 Å². The molecule has 0 aromatic carbocycles. The van der Waals surface area contributed by atoms with Gasteiger partial charge in [0.1, 0.15) is 6.61 Å². The molecule has 6 nitrogen and oxygen atoms in total. The maximum Gasteiger partial charge on any atom is 0.472 e. The zero-order valence-corrected chi connectivity index (χ0v) is 8.45. The van der Waals surface area contributed by atoms with Gasteiger partial charge in [-0.25, -0.2) is 4.57 Å². The van der Waals surface area contributed by atoms with Crippen molar-refractivity contribution in [2.24, 2.45) is 0 Å². The van der Waals surface area contributed by atoms with E-state index in [1.165, 1.54) is 0 Å². The average Bonchev–Trinajstić information content (AvgIpc) is 2.12. The predicted octanol–water partition coefficient (Wildman–Crippen LogP) is 0.703. The van der Waals surface area contributed by atoms with Gasteiger partial charge >= 0.3 is 13.8 Å². The van der Waals surface area contributed by atoms with E-state index in [4.69, 9.17) is 4.89 Å². The first-order valence-corrected chi connectivity index (χ1v) is 5.20. The van der Waals surface area contributed by atoms with Crippen LogP contribution in [0, 0.1) is 0 Å². The first-order valence-electron chi connectivity index (χ1n) is 3.70. The highest BCUT2D eigenvalue weighted by molar-refractivity contribution is 7.47. The fourth-order valence-corrected chi connectivity index (χ4v) is 0.874. The standard InChI is InChI=1S/C6H13O6P/c1-3-6(7)11-4-5-12-13(8,9)10-2/h3-5H2,1-2H3,(H,8,9). The normalized spacial score (nSPS) is 15.0. The van der Waals surface area contributed by atoms with Crippen LogP contribution in [0.25, 0.3) is 0 Å². The summed E-state index contributed by atoms with van der Waals surface area (Å²) in [6, 6.07) is 0. The van der Waals surface area contributed by atoms with Crippen LogP contribution >= 0.6 is 7.82 Å².